The highest BCUT2D eigenvalue weighted by atomic mass is 32.2. The van der Waals surface area contributed by atoms with Crippen molar-refractivity contribution in [3.63, 3.8) is 0 Å². The monoisotopic (exact) mass is 547 g/mol. The van der Waals surface area contributed by atoms with E-state index in [0.717, 1.165) is 11.1 Å². The van der Waals surface area contributed by atoms with Crippen molar-refractivity contribution in [2.24, 2.45) is 0 Å². The third kappa shape index (κ3) is 5.49. The van der Waals surface area contributed by atoms with Gasteiger partial charge in [0.05, 0.1) is 16.1 Å². The van der Waals surface area contributed by atoms with Crippen LogP contribution in [0.4, 0.5) is 4.39 Å². The number of halogens is 1. The van der Waals surface area contributed by atoms with E-state index in [4.69, 9.17) is 4.98 Å². The van der Waals surface area contributed by atoms with Crippen LogP contribution in [0.5, 0.6) is 0 Å². The first-order valence-corrected chi connectivity index (χ1v) is 14.4. The number of hydrogen-bond donors (Lipinski definition) is 0. The van der Waals surface area contributed by atoms with Gasteiger partial charge in [0.15, 0.2) is 0 Å². The molecule has 0 radical (unpaired) electrons. The van der Waals surface area contributed by atoms with E-state index < -0.39 is 21.7 Å². The van der Waals surface area contributed by atoms with E-state index in [1.54, 1.807) is 6.07 Å². The molecule has 1 aromatic heterocycles. The summed E-state index contributed by atoms with van der Waals surface area (Å²) < 4.78 is 51.9. The first-order chi connectivity index (χ1) is 18.2. The fourth-order valence-electron chi connectivity index (χ4n) is 4.97. The number of carbonyl (C=O) groups excluding carboxylic acids is 1. The number of fused-ring (bicyclic) bond motifs is 1. The summed E-state index contributed by atoms with van der Waals surface area (Å²) in [5.74, 6) is -1.67. The van der Waals surface area contributed by atoms with Gasteiger partial charge in [-0.1, -0.05) is 59.7 Å². The van der Waals surface area contributed by atoms with E-state index >= 15 is 0 Å². The Bertz CT molecular complexity index is 1690. The first-order valence-electron chi connectivity index (χ1n) is 13.0. The molecule has 0 N–H and O–H groups in total. The summed E-state index contributed by atoms with van der Waals surface area (Å²) in [5, 5.41) is 0.631. The van der Waals surface area contributed by atoms with Gasteiger partial charge in [-0.3, -0.25) is 4.79 Å². The molecule has 1 heterocycles. The van der Waals surface area contributed by atoms with Gasteiger partial charge in [0.1, 0.15) is 15.9 Å². The van der Waals surface area contributed by atoms with Crippen LogP contribution in [0.25, 0.3) is 22.2 Å². The first kappa shape index (κ1) is 28.5. The van der Waals surface area contributed by atoms with Crippen molar-refractivity contribution in [1.29, 1.82) is 0 Å². The number of carbonyl (C=O) groups is 1. The fourth-order valence-corrected chi connectivity index (χ4v) is 6.16. The molecule has 8 heteroatoms. The van der Waals surface area contributed by atoms with Crippen molar-refractivity contribution >= 4 is 26.8 Å². The van der Waals surface area contributed by atoms with Crippen LogP contribution in [-0.4, -0.2) is 28.7 Å². The Morgan fingerprint density at radius 1 is 0.846 bits per heavy atom. The van der Waals surface area contributed by atoms with E-state index in [0.29, 0.717) is 33.3 Å². The van der Waals surface area contributed by atoms with Gasteiger partial charge in [0.2, 0.25) is 11.6 Å². The lowest BCUT2D eigenvalue weighted by Gasteiger charge is -2.28. The van der Waals surface area contributed by atoms with Gasteiger partial charge in [-0.15, -0.1) is 0 Å². The average molecular weight is 548 g/mol. The Labute approximate surface area is 229 Å². The maximum Gasteiger partial charge on any atom is 0.230 e. The minimum absolute atomic E-state index is 0.0508. The van der Waals surface area contributed by atoms with Crippen molar-refractivity contribution < 1.29 is 22.2 Å². The second kappa shape index (κ2) is 10.6. The van der Waals surface area contributed by atoms with E-state index in [2.05, 4.69) is 4.98 Å². The second-order valence-electron chi connectivity index (χ2n) is 10.8. The van der Waals surface area contributed by atoms with Crippen LogP contribution in [0.3, 0.4) is 0 Å². The normalized spacial score (nSPS) is 12.2. The topological polar surface area (TPSA) is 100 Å². The summed E-state index contributed by atoms with van der Waals surface area (Å²) in [4.78, 5) is 22.5. The van der Waals surface area contributed by atoms with Crippen molar-refractivity contribution in [3.8, 4) is 11.3 Å². The highest BCUT2D eigenvalue weighted by molar-refractivity contribution is 7.85. The molecule has 0 bridgehead atoms. The van der Waals surface area contributed by atoms with Gasteiger partial charge in [-0.05, 0) is 77.3 Å². The third-order valence-corrected chi connectivity index (χ3v) is 7.80. The molecule has 0 aliphatic rings. The molecule has 0 saturated carbocycles. The molecule has 204 valence electrons. The number of hydrogen-bond acceptors (Lipinski definition) is 6. The molecule has 0 fully saturated rings. The lowest BCUT2D eigenvalue weighted by atomic mass is 9.82. The van der Waals surface area contributed by atoms with Crippen LogP contribution in [0.15, 0.2) is 53.4 Å². The molecular formula is C31H32FN2O4S-. The number of ketones is 1. The van der Waals surface area contributed by atoms with Crippen LogP contribution < -0.4 is 0 Å². The highest BCUT2D eigenvalue weighted by Gasteiger charge is 2.29. The number of aromatic nitrogens is 2. The molecule has 0 atom stereocenters. The molecule has 3 aromatic carbocycles. The van der Waals surface area contributed by atoms with Crippen LogP contribution in [-0.2, 0) is 10.1 Å². The summed E-state index contributed by atoms with van der Waals surface area (Å²) in [6.07, 6.45) is 0. The average Bonchev–Trinajstić information content (AvgIpc) is 2.85. The summed E-state index contributed by atoms with van der Waals surface area (Å²) in [6.45, 7) is 13.3. The molecule has 0 saturated heterocycles. The molecule has 6 nitrogen and oxygen atoms in total. The predicted octanol–water partition coefficient (Wildman–Crippen LogP) is 7.25. The second-order valence-corrected chi connectivity index (χ2v) is 12.2. The zero-order valence-electron chi connectivity index (χ0n) is 23.2. The Balaban J connectivity index is 2.20. The number of rotatable bonds is 7. The van der Waals surface area contributed by atoms with Gasteiger partial charge in [0.25, 0.3) is 0 Å². The SMILES string of the molecule is Cc1ccc2c(-c3c(C(C)C)cc(C(C)C)c(S(=O)(=O)[O-])c3C(C)C)nc(C(=O)c3ccc(F)cc3)nc2c1. The zero-order valence-corrected chi connectivity index (χ0v) is 24.0. The van der Waals surface area contributed by atoms with E-state index in [1.165, 1.54) is 24.3 Å². The van der Waals surface area contributed by atoms with Crippen molar-refractivity contribution in [2.75, 3.05) is 0 Å². The van der Waals surface area contributed by atoms with E-state index in [9.17, 15) is 22.2 Å². The van der Waals surface area contributed by atoms with Gasteiger partial charge in [-0.2, -0.15) is 0 Å². The van der Waals surface area contributed by atoms with E-state index in [-0.39, 0.29) is 34.0 Å². The number of benzene rings is 3. The van der Waals surface area contributed by atoms with E-state index in [1.807, 2.05) is 66.7 Å². The fraction of sp³-hybridized carbons (Fsp3) is 0.323. The Hall–Kier alpha value is -3.49. The molecule has 0 spiro atoms. The lowest BCUT2D eigenvalue weighted by Crippen LogP contribution is -2.15. The smallest absolute Gasteiger partial charge is 0.230 e. The molecule has 0 amide bonds. The molecular weight excluding hydrogens is 515 g/mol. The highest BCUT2D eigenvalue weighted by Crippen LogP contribution is 2.44. The minimum Gasteiger partial charge on any atom is -0.744 e. The number of nitrogens with zero attached hydrogens (tertiary/aromatic N) is 2. The van der Waals surface area contributed by atoms with Crippen LogP contribution >= 0.6 is 0 Å². The van der Waals surface area contributed by atoms with Gasteiger partial charge >= 0.3 is 0 Å². The van der Waals surface area contributed by atoms with Crippen LogP contribution in [0, 0.1) is 12.7 Å². The number of aryl methyl sites for hydroxylation is 1. The third-order valence-electron chi connectivity index (χ3n) is 6.85. The molecule has 0 unspecified atom stereocenters. The Morgan fingerprint density at radius 3 is 2.00 bits per heavy atom. The Kier molecular flexibility index (Phi) is 7.74. The zero-order chi connectivity index (χ0) is 28.8. The minimum atomic E-state index is -4.86. The van der Waals surface area contributed by atoms with Gasteiger partial charge in [-0.25, -0.2) is 22.8 Å². The van der Waals surface area contributed by atoms with Gasteiger partial charge in [0, 0.05) is 16.5 Å². The molecule has 0 aliphatic carbocycles. The van der Waals surface area contributed by atoms with Gasteiger partial charge < -0.3 is 4.55 Å². The Morgan fingerprint density at radius 2 is 1.46 bits per heavy atom. The quantitative estimate of drug-likeness (QED) is 0.178. The van der Waals surface area contributed by atoms with Crippen molar-refractivity contribution in [3.05, 3.63) is 88.0 Å². The standard InChI is InChI=1S/C31H33FN2O4S/c1-16(2)23-15-24(17(3)4)30(39(36,37)38)26(18(5)6)27(23)28-22-13-8-19(7)14-25(22)33-31(34-28)29(35)20-9-11-21(32)12-10-20/h8-18H,1-7H3,(H,36,37,38)/p-1. The molecule has 4 rings (SSSR count). The summed E-state index contributed by atoms with van der Waals surface area (Å²) in [5.41, 5.74) is 4.25. The van der Waals surface area contributed by atoms with Crippen molar-refractivity contribution in [1.82, 2.24) is 9.97 Å². The largest absolute Gasteiger partial charge is 0.744 e. The van der Waals surface area contributed by atoms with Crippen molar-refractivity contribution in [2.45, 2.75) is 71.1 Å². The summed E-state index contributed by atoms with van der Waals surface area (Å²) >= 11 is 0. The summed E-state index contributed by atoms with van der Waals surface area (Å²) in [7, 11) is -4.86. The molecule has 39 heavy (non-hydrogen) atoms. The van der Waals surface area contributed by atoms with Crippen LogP contribution in [0.1, 0.15) is 97.7 Å². The van der Waals surface area contributed by atoms with Crippen LogP contribution in [0.2, 0.25) is 0 Å². The lowest BCUT2D eigenvalue weighted by molar-refractivity contribution is 0.102. The maximum absolute atomic E-state index is 13.5. The molecule has 0 aliphatic heterocycles. The molecule has 4 aromatic rings. The summed E-state index contributed by atoms with van der Waals surface area (Å²) in [6, 6.07) is 12.5. The predicted molar refractivity (Wildman–Crippen MR) is 150 cm³/mol. The maximum atomic E-state index is 13.5.